The van der Waals surface area contributed by atoms with Crippen molar-refractivity contribution in [1.82, 2.24) is 5.16 Å². The van der Waals surface area contributed by atoms with Gasteiger partial charge in [-0.05, 0) is 39.3 Å². The number of hydrogen-bond acceptors (Lipinski definition) is 5. The average molecular weight is 385 g/mol. The number of halogens is 2. The maximum atomic E-state index is 12.2. The van der Waals surface area contributed by atoms with Crippen LogP contribution < -0.4 is 5.32 Å². The van der Waals surface area contributed by atoms with E-state index in [0.717, 1.165) is 11.3 Å². The predicted octanol–water partition coefficient (Wildman–Crippen LogP) is 4.10. The molecule has 1 aromatic heterocycles. The van der Waals surface area contributed by atoms with Crippen molar-refractivity contribution in [2.45, 2.75) is 39.7 Å². The fraction of sp³-hybridized carbons (Fsp3) is 0.353. The lowest BCUT2D eigenvalue weighted by atomic mass is 10.1. The molecule has 1 aromatic carbocycles. The van der Waals surface area contributed by atoms with E-state index in [2.05, 4.69) is 10.5 Å². The van der Waals surface area contributed by atoms with Crippen molar-refractivity contribution in [3.63, 3.8) is 0 Å². The van der Waals surface area contributed by atoms with Crippen molar-refractivity contribution in [3.8, 4) is 0 Å². The molecule has 25 heavy (non-hydrogen) atoms. The second kappa shape index (κ2) is 8.36. The number of aromatic nitrogens is 1. The fourth-order valence-electron chi connectivity index (χ4n) is 2.24. The van der Waals surface area contributed by atoms with Gasteiger partial charge in [0.2, 0.25) is 0 Å². The number of amides is 1. The minimum Gasteiger partial charge on any atom is -0.453 e. The number of nitrogens with one attached hydrogen (secondary N) is 1. The SMILES string of the molecule is Cc1noc(C)c1CCC(=O)O[C@H](C)C(=O)Nc1c(Cl)cccc1Cl. The second-order valence-corrected chi connectivity index (χ2v) is 6.34. The quantitative estimate of drug-likeness (QED) is 0.758. The molecule has 8 heteroatoms. The Morgan fingerprint density at radius 3 is 2.48 bits per heavy atom. The van der Waals surface area contributed by atoms with Crippen LogP contribution in [0.25, 0.3) is 0 Å². The molecule has 0 fully saturated rings. The van der Waals surface area contributed by atoms with Gasteiger partial charge in [-0.15, -0.1) is 0 Å². The summed E-state index contributed by atoms with van der Waals surface area (Å²) in [5.41, 5.74) is 1.90. The third-order valence-electron chi connectivity index (χ3n) is 3.65. The van der Waals surface area contributed by atoms with Gasteiger partial charge < -0.3 is 14.6 Å². The number of carbonyl (C=O) groups is 2. The summed E-state index contributed by atoms with van der Waals surface area (Å²) in [6.07, 6.45) is -0.428. The lowest BCUT2D eigenvalue weighted by Gasteiger charge is -2.15. The van der Waals surface area contributed by atoms with Crippen LogP contribution in [0, 0.1) is 13.8 Å². The van der Waals surface area contributed by atoms with Gasteiger partial charge in [0.1, 0.15) is 5.76 Å². The monoisotopic (exact) mass is 384 g/mol. The first-order valence-electron chi connectivity index (χ1n) is 7.65. The summed E-state index contributed by atoms with van der Waals surface area (Å²) < 4.78 is 10.2. The number of nitrogens with zero attached hydrogens (tertiary/aromatic N) is 1. The smallest absolute Gasteiger partial charge is 0.306 e. The van der Waals surface area contributed by atoms with E-state index in [-0.39, 0.29) is 12.1 Å². The van der Waals surface area contributed by atoms with Gasteiger partial charge in [0.05, 0.1) is 21.4 Å². The lowest BCUT2D eigenvalue weighted by molar-refractivity contribution is -0.153. The number of anilines is 1. The highest BCUT2D eigenvalue weighted by molar-refractivity contribution is 6.39. The molecule has 0 aliphatic carbocycles. The average Bonchev–Trinajstić information content (AvgIpc) is 2.87. The highest BCUT2D eigenvalue weighted by Crippen LogP contribution is 2.29. The highest BCUT2D eigenvalue weighted by Gasteiger charge is 2.20. The molecule has 1 atom stereocenters. The minimum absolute atomic E-state index is 0.118. The minimum atomic E-state index is -0.982. The molecule has 1 N–H and O–H groups in total. The summed E-state index contributed by atoms with van der Waals surface area (Å²) in [5.74, 6) is -0.335. The molecule has 0 bridgehead atoms. The third kappa shape index (κ3) is 4.96. The van der Waals surface area contributed by atoms with E-state index < -0.39 is 18.0 Å². The number of benzene rings is 1. The molecular weight excluding hydrogens is 367 g/mol. The first kappa shape index (κ1) is 19.3. The Labute approximate surface area is 155 Å². The van der Waals surface area contributed by atoms with E-state index >= 15 is 0 Å². The van der Waals surface area contributed by atoms with Gasteiger partial charge in [-0.1, -0.05) is 34.4 Å². The zero-order valence-electron chi connectivity index (χ0n) is 14.1. The van der Waals surface area contributed by atoms with Crippen LogP contribution in [-0.2, 0) is 20.7 Å². The van der Waals surface area contributed by atoms with Crippen LogP contribution in [0.3, 0.4) is 0 Å². The molecule has 1 amide bonds. The Morgan fingerprint density at radius 2 is 1.92 bits per heavy atom. The molecule has 1 heterocycles. The van der Waals surface area contributed by atoms with Crippen molar-refractivity contribution in [2.24, 2.45) is 0 Å². The molecule has 2 aromatic rings. The van der Waals surface area contributed by atoms with Gasteiger partial charge in [0.25, 0.3) is 5.91 Å². The maximum absolute atomic E-state index is 12.2. The van der Waals surface area contributed by atoms with Gasteiger partial charge in [0, 0.05) is 12.0 Å². The van der Waals surface area contributed by atoms with Gasteiger partial charge >= 0.3 is 5.97 Å². The number of carbonyl (C=O) groups excluding carboxylic acids is 2. The van der Waals surface area contributed by atoms with E-state index in [9.17, 15) is 9.59 Å². The molecule has 134 valence electrons. The molecule has 0 unspecified atom stereocenters. The summed E-state index contributed by atoms with van der Waals surface area (Å²) in [5, 5.41) is 7.00. The third-order valence-corrected chi connectivity index (χ3v) is 4.28. The van der Waals surface area contributed by atoms with Gasteiger partial charge in [-0.3, -0.25) is 9.59 Å². The van der Waals surface area contributed by atoms with Crippen molar-refractivity contribution in [3.05, 3.63) is 45.3 Å². The van der Waals surface area contributed by atoms with E-state index in [0.29, 0.717) is 22.2 Å². The molecule has 0 spiro atoms. The summed E-state index contributed by atoms with van der Waals surface area (Å²) in [6, 6.07) is 4.87. The summed E-state index contributed by atoms with van der Waals surface area (Å²) in [4.78, 5) is 24.1. The molecular formula is C17H18Cl2N2O4. The van der Waals surface area contributed by atoms with Crippen LogP contribution in [0.5, 0.6) is 0 Å². The van der Waals surface area contributed by atoms with Crippen molar-refractivity contribution in [2.75, 3.05) is 5.32 Å². The predicted molar refractivity (Wildman–Crippen MR) is 94.9 cm³/mol. The van der Waals surface area contributed by atoms with Crippen molar-refractivity contribution < 1.29 is 18.8 Å². The van der Waals surface area contributed by atoms with Crippen LogP contribution in [0.4, 0.5) is 5.69 Å². The first-order valence-corrected chi connectivity index (χ1v) is 8.41. The Kier molecular flexibility index (Phi) is 6.45. The van der Waals surface area contributed by atoms with Crippen molar-refractivity contribution in [1.29, 1.82) is 0 Å². The van der Waals surface area contributed by atoms with E-state index in [1.54, 1.807) is 32.0 Å². The Morgan fingerprint density at radius 1 is 1.28 bits per heavy atom. The molecule has 2 rings (SSSR count). The largest absolute Gasteiger partial charge is 0.453 e. The zero-order valence-corrected chi connectivity index (χ0v) is 15.6. The number of aryl methyl sites for hydroxylation is 2. The van der Waals surface area contributed by atoms with Crippen LogP contribution in [0.2, 0.25) is 10.0 Å². The summed E-state index contributed by atoms with van der Waals surface area (Å²) >= 11 is 12.0. The van der Waals surface area contributed by atoms with Crippen LogP contribution in [-0.4, -0.2) is 23.1 Å². The van der Waals surface area contributed by atoms with Crippen LogP contribution >= 0.6 is 23.2 Å². The molecule has 0 saturated heterocycles. The Bertz CT molecular complexity index is 749. The van der Waals surface area contributed by atoms with Crippen molar-refractivity contribution >= 4 is 40.8 Å². The lowest BCUT2D eigenvalue weighted by Crippen LogP contribution is -2.30. The standard InChI is InChI=1S/C17H18Cl2N2O4/c1-9-12(10(2)25-21-9)7-8-15(22)24-11(3)17(23)20-16-13(18)5-4-6-14(16)19/h4-6,11H,7-8H2,1-3H3,(H,20,23)/t11-/m1/s1. The topological polar surface area (TPSA) is 81.4 Å². The molecule has 6 nitrogen and oxygen atoms in total. The van der Waals surface area contributed by atoms with Crippen LogP contribution in [0.1, 0.15) is 30.4 Å². The summed E-state index contributed by atoms with van der Waals surface area (Å²) in [7, 11) is 0. The highest BCUT2D eigenvalue weighted by atomic mass is 35.5. The number of para-hydroxylation sites is 1. The first-order chi connectivity index (χ1) is 11.8. The fourth-order valence-corrected chi connectivity index (χ4v) is 2.73. The van der Waals surface area contributed by atoms with E-state index in [1.807, 2.05) is 0 Å². The number of ether oxygens (including phenoxy) is 1. The maximum Gasteiger partial charge on any atom is 0.306 e. The number of rotatable bonds is 6. The molecule has 0 saturated carbocycles. The second-order valence-electron chi connectivity index (χ2n) is 5.52. The van der Waals surface area contributed by atoms with E-state index in [1.165, 1.54) is 6.92 Å². The van der Waals surface area contributed by atoms with Crippen LogP contribution in [0.15, 0.2) is 22.7 Å². The van der Waals surface area contributed by atoms with Gasteiger partial charge in [-0.25, -0.2) is 0 Å². The number of esters is 1. The zero-order chi connectivity index (χ0) is 18.6. The summed E-state index contributed by atoms with van der Waals surface area (Å²) in [6.45, 7) is 5.07. The Hall–Kier alpha value is -2.05. The molecule has 0 radical (unpaired) electrons. The molecule has 0 aliphatic rings. The van der Waals surface area contributed by atoms with Gasteiger partial charge in [-0.2, -0.15) is 0 Å². The normalized spacial score (nSPS) is 11.9. The molecule has 0 aliphatic heterocycles. The Balaban J connectivity index is 1.89. The van der Waals surface area contributed by atoms with Gasteiger partial charge in [0.15, 0.2) is 6.10 Å². The van der Waals surface area contributed by atoms with E-state index in [4.69, 9.17) is 32.5 Å². The number of hydrogen-bond donors (Lipinski definition) is 1.